The highest BCUT2D eigenvalue weighted by molar-refractivity contribution is 7.80. The predicted molar refractivity (Wildman–Crippen MR) is 132 cm³/mol. The summed E-state index contributed by atoms with van der Waals surface area (Å²) in [6.45, 7) is 12.4. The van der Waals surface area contributed by atoms with Gasteiger partial charge in [-0.3, -0.25) is 4.67 Å². The average Bonchev–Trinajstić information content (AvgIpc) is 3.27. The third-order valence-corrected chi connectivity index (χ3v) is 10.3. The summed E-state index contributed by atoms with van der Waals surface area (Å²) < 4.78 is 39.7. The molecule has 2 unspecified atom stereocenters. The van der Waals surface area contributed by atoms with Gasteiger partial charge in [-0.25, -0.2) is 0 Å². The molecule has 30 heavy (non-hydrogen) atoms. The first-order chi connectivity index (χ1) is 15.1. The average molecular weight is 490 g/mol. The molecule has 0 amide bonds. The highest BCUT2D eigenvalue weighted by Gasteiger charge is 2.33. The molecule has 2 aliphatic rings. The number of hydrogen-bond donors (Lipinski definition) is 0. The van der Waals surface area contributed by atoms with E-state index in [4.69, 9.17) is 32.5 Å². The summed E-state index contributed by atoms with van der Waals surface area (Å²) in [7, 11) is 2.03. The molecule has 0 aromatic rings. The van der Waals surface area contributed by atoms with Gasteiger partial charge in [-0.2, -0.15) is 0 Å². The van der Waals surface area contributed by atoms with E-state index in [1.165, 1.54) is 0 Å². The van der Waals surface area contributed by atoms with Crippen molar-refractivity contribution in [3.8, 4) is 0 Å². The van der Waals surface area contributed by atoms with E-state index in [9.17, 15) is 0 Å². The van der Waals surface area contributed by atoms with E-state index in [-0.39, 0.29) is 25.4 Å². The fourth-order valence-electron chi connectivity index (χ4n) is 4.21. The van der Waals surface area contributed by atoms with Crippen LogP contribution in [0, 0.1) is 11.8 Å². The maximum absolute atomic E-state index is 7.80. The van der Waals surface area contributed by atoms with Crippen molar-refractivity contribution >= 4 is 27.0 Å². The molecule has 5 nitrogen and oxygen atoms in total. The van der Waals surface area contributed by atoms with E-state index in [0.717, 1.165) is 38.0 Å². The second-order valence-electron chi connectivity index (χ2n) is 8.46. The number of rotatable bonds is 11. The fourth-order valence-corrected chi connectivity index (χ4v) is 7.98. The van der Waals surface area contributed by atoms with Gasteiger partial charge < -0.3 is 18.5 Å². The van der Waals surface area contributed by atoms with E-state index in [2.05, 4.69) is 46.2 Å². The number of hydrogen-bond acceptors (Lipinski definition) is 5. The highest BCUT2D eigenvalue weighted by atomic mass is 35.7. The van der Waals surface area contributed by atoms with Crippen molar-refractivity contribution in [2.75, 3.05) is 39.7 Å². The Labute approximate surface area is 196 Å². The molecule has 0 radical (unpaired) electrons. The molecule has 0 spiro atoms. The lowest BCUT2D eigenvalue weighted by Gasteiger charge is -2.38. The third-order valence-electron chi connectivity index (χ3n) is 5.69. The minimum Gasteiger partial charge on any atom is -0.378 e. The quantitative estimate of drug-likeness (QED) is 0.296. The van der Waals surface area contributed by atoms with E-state index in [0.29, 0.717) is 23.9 Å². The van der Waals surface area contributed by atoms with Gasteiger partial charge in [0, 0.05) is 51.8 Å². The van der Waals surface area contributed by atoms with Gasteiger partial charge in [0.05, 0.1) is 14.9 Å². The molecule has 0 bridgehead atoms. The van der Waals surface area contributed by atoms with Crippen LogP contribution in [0.5, 0.6) is 0 Å². The van der Waals surface area contributed by atoms with Gasteiger partial charge in [0.15, 0.2) is 0 Å². The highest BCUT2D eigenvalue weighted by Crippen LogP contribution is 2.48. The van der Waals surface area contributed by atoms with Crippen molar-refractivity contribution in [3.05, 3.63) is 0 Å². The summed E-state index contributed by atoms with van der Waals surface area (Å²) in [6.07, 6.45) is 5.93. The lowest BCUT2D eigenvalue weighted by atomic mass is 10.0. The fraction of sp³-hybridized carbons (Fsp3) is 1.00. The SMILES string of the molecule is [3H][C@H]1C[C@H](CP(Cl)OC)[C@@H](CC)O1.[3H][C@H]1C[C@H](CP(OC)N(C(C)C)C(C)C)[C@@H](CC)O1. The van der Waals surface area contributed by atoms with Crippen molar-refractivity contribution in [2.45, 2.75) is 91.5 Å². The molecule has 180 valence electrons. The molecule has 0 aliphatic carbocycles. The first-order valence-electron chi connectivity index (χ1n) is 12.5. The second kappa shape index (κ2) is 15.7. The Bertz CT molecular complexity index is 505. The van der Waals surface area contributed by atoms with E-state index in [1.807, 2.05) is 7.11 Å². The molecular formula is C22H46ClNO4P2. The summed E-state index contributed by atoms with van der Waals surface area (Å²) in [5, 5.41) is 0. The molecule has 0 N–H and O–H groups in total. The maximum atomic E-state index is 7.80. The van der Waals surface area contributed by atoms with Crippen LogP contribution in [-0.4, -0.2) is 68.7 Å². The van der Waals surface area contributed by atoms with Gasteiger partial charge in [0.2, 0.25) is 0 Å². The Balaban J connectivity index is 0.000000343. The van der Waals surface area contributed by atoms with E-state index < -0.39 is 15.8 Å². The van der Waals surface area contributed by atoms with Crippen molar-refractivity contribution in [3.63, 3.8) is 0 Å². The predicted octanol–water partition coefficient (Wildman–Crippen LogP) is 6.88. The van der Waals surface area contributed by atoms with Crippen molar-refractivity contribution in [1.82, 2.24) is 4.67 Å². The van der Waals surface area contributed by atoms with Crippen LogP contribution in [0.4, 0.5) is 0 Å². The van der Waals surface area contributed by atoms with Gasteiger partial charge >= 0.3 is 0 Å². The Morgan fingerprint density at radius 3 is 1.77 bits per heavy atom. The largest absolute Gasteiger partial charge is 0.378 e. The Morgan fingerprint density at radius 1 is 0.933 bits per heavy atom. The summed E-state index contributed by atoms with van der Waals surface area (Å²) in [5.41, 5.74) is 0. The van der Waals surface area contributed by atoms with Gasteiger partial charge in [0.25, 0.3) is 0 Å². The van der Waals surface area contributed by atoms with Crippen LogP contribution in [-0.2, 0) is 18.5 Å². The number of ether oxygens (including phenoxy) is 2. The zero-order valence-electron chi connectivity index (χ0n) is 22.2. The monoisotopic (exact) mass is 489 g/mol. The van der Waals surface area contributed by atoms with E-state index >= 15 is 0 Å². The van der Waals surface area contributed by atoms with Crippen LogP contribution in [0.3, 0.4) is 0 Å². The molecule has 2 rings (SSSR count). The zero-order chi connectivity index (χ0) is 24.4. The molecule has 2 heterocycles. The zero-order valence-corrected chi connectivity index (χ0v) is 22.8. The minimum absolute atomic E-state index is 0.210. The molecule has 2 aliphatic heterocycles. The van der Waals surface area contributed by atoms with Crippen molar-refractivity contribution in [1.29, 1.82) is 0 Å². The number of nitrogens with zero attached hydrogens (tertiary/aromatic N) is 1. The Kier molecular flexibility index (Phi) is 13.4. The van der Waals surface area contributed by atoms with Gasteiger partial charge in [0.1, 0.15) is 15.8 Å². The van der Waals surface area contributed by atoms with Crippen molar-refractivity contribution < 1.29 is 21.3 Å². The molecule has 0 saturated carbocycles. The van der Waals surface area contributed by atoms with Crippen LogP contribution in [0.15, 0.2) is 0 Å². The summed E-state index contributed by atoms with van der Waals surface area (Å²) >= 11 is 5.94. The Hall–Kier alpha value is 0.950. The van der Waals surface area contributed by atoms with Gasteiger partial charge in [-0.1, -0.05) is 25.1 Å². The summed E-state index contributed by atoms with van der Waals surface area (Å²) in [4.78, 5) is 0. The molecule has 8 atom stereocenters. The molecule has 0 aromatic carbocycles. The normalized spacial score (nSPS) is 34.7. The Morgan fingerprint density at radius 2 is 1.40 bits per heavy atom. The third kappa shape index (κ3) is 9.44. The lowest BCUT2D eigenvalue weighted by molar-refractivity contribution is 0.0909. The molecular weight excluding hydrogens is 440 g/mol. The van der Waals surface area contributed by atoms with Crippen LogP contribution in [0.1, 0.15) is 70.0 Å². The van der Waals surface area contributed by atoms with Crippen LogP contribution >= 0.6 is 27.0 Å². The standard InChI is InChI=1S/C14H30NO2P.C8H16ClO2P/c1-7-14-13(8-9-17-14)10-18(16-6)15(11(2)3)12(4)5;1-3-8-7(4-5-11-8)6-12(9)10-2/h11-14H,7-10H2,1-6H3;7-8H,3-6H2,1-2H3/t13-,14-,18?;7-,8-,12?/m11/s1/i9T;5T/t9-,13+,14+,18?;5-,7+,8+,12?/m00. The van der Waals surface area contributed by atoms with Crippen LogP contribution < -0.4 is 0 Å². The molecule has 0 aromatic heterocycles. The number of halogens is 1. The first-order valence-corrected chi connectivity index (χ1v) is 15.0. The minimum atomic E-state index is -0.832. The van der Waals surface area contributed by atoms with Crippen molar-refractivity contribution in [2.24, 2.45) is 11.8 Å². The van der Waals surface area contributed by atoms with E-state index in [1.54, 1.807) is 7.11 Å². The lowest BCUT2D eigenvalue weighted by Crippen LogP contribution is -2.35. The first kappa shape index (κ1) is 25.6. The summed E-state index contributed by atoms with van der Waals surface area (Å²) in [5.74, 6) is 0.884. The van der Waals surface area contributed by atoms with Gasteiger partial charge in [-0.15, -0.1) is 0 Å². The molecule has 2 saturated heterocycles. The van der Waals surface area contributed by atoms with Gasteiger partial charge in [-0.05, 0) is 65.2 Å². The summed E-state index contributed by atoms with van der Waals surface area (Å²) in [6, 6.07) is 0.973. The molecule has 8 heteroatoms. The maximum Gasteiger partial charge on any atom is 0.124 e. The second-order valence-corrected chi connectivity index (χ2v) is 12.9. The smallest absolute Gasteiger partial charge is 0.124 e. The van der Waals surface area contributed by atoms with Crippen LogP contribution in [0.2, 0.25) is 0 Å². The molecule has 2 fully saturated rings. The van der Waals surface area contributed by atoms with Crippen LogP contribution in [0.25, 0.3) is 0 Å². The topological polar surface area (TPSA) is 40.2 Å².